The minimum absolute atomic E-state index is 0.0625. The van der Waals surface area contributed by atoms with Crippen molar-refractivity contribution in [2.75, 3.05) is 0 Å². The second-order valence-corrected chi connectivity index (χ2v) is 21.1. The molecule has 304 valence electrons. The molecule has 1 saturated carbocycles. The molecule has 0 aliphatic heterocycles. The highest BCUT2D eigenvalue weighted by Crippen LogP contribution is 2.70. The first kappa shape index (κ1) is 39.8. The van der Waals surface area contributed by atoms with Gasteiger partial charge in [0.2, 0.25) is 0 Å². The number of allylic oxidation sites excluding steroid dienone is 6. The van der Waals surface area contributed by atoms with Crippen molar-refractivity contribution >= 4 is 21.9 Å². The molecule has 0 heteroatoms. The van der Waals surface area contributed by atoms with Crippen LogP contribution in [0.1, 0.15) is 189 Å². The molecule has 5 aliphatic carbocycles. The van der Waals surface area contributed by atoms with Gasteiger partial charge in [-0.25, -0.2) is 0 Å². The van der Waals surface area contributed by atoms with Crippen molar-refractivity contribution in [1.82, 2.24) is 0 Å². The summed E-state index contributed by atoms with van der Waals surface area (Å²) in [4.78, 5) is 0. The van der Waals surface area contributed by atoms with E-state index >= 15 is 0 Å². The van der Waals surface area contributed by atoms with Crippen molar-refractivity contribution in [3.8, 4) is 11.1 Å². The fourth-order valence-corrected chi connectivity index (χ4v) is 14.2. The van der Waals surface area contributed by atoms with Gasteiger partial charge in [0.05, 0.1) is 0 Å². The highest BCUT2D eigenvalue weighted by Gasteiger charge is 2.58. The minimum Gasteiger partial charge on any atom is -0.0654 e. The van der Waals surface area contributed by atoms with Crippen LogP contribution >= 0.6 is 0 Å². The Bertz CT molecular complexity index is 2440. The molecular weight excluding hydrogens is 697 g/mol. The Labute approximate surface area is 352 Å². The summed E-state index contributed by atoms with van der Waals surface area (Å²) in [6.07, 6.45) is 17.4. The first-order chi connectivity index (χ1) is 27.7. The molecule has 1 spiro atoms. The van der Waals surface area contributed by atoms with Gasteiger partial charge in [0.25, 0.3) is 0 Å². The molecule has 2 atom stereocenters. The molecule has 0 saturated heterocycles. The van der Waals surface area contributed by atoms with Crippen LogP contribution in [0.2, 0.25) is 0 Å². The van der Waals surface area contributed by atoms with Crippen molar-refractivity contribution in [3.05, 3.63) is 127 Å². The van der Waals surface area contributed by atoms with E-state index in [4.69, 9.17) is 0 Å². The third kappa shape index (κ3) is 5.30. The van der Waals surface area contributed by atoms with Crippen LogP contribution < -0.4 is 0 Å². The maximum absolute atomic E-state index is 2.94. The Morgan fingerprint density at radius 1 is 0.638 bits per heavy atom. The van der Waals surface area contributed by atoms with Crippen molar-refractivity contribution in [3.63, 3.8) is 0 Å². The number of hydrogen-bond acceptors (Lipinski definition) is 0. The second kappa shape index (κ2) is 14.0. The van der Waals surface area contributed by atoms with Gasteiger partial charge in [-0.15, -0.1) is 0 Å². The molecule has 0 heterocycles. The smallest absolute Gasteiger partial charge is 0.0474 e. The topological polar surface area (TPSA) is 0 Å². The lowest BCUT2D eigenvalue weighted by atomic mass is 9.53. The predicted molar refractivity (Wildman–Crippen MR) is 252 cm³/mol. The molecule has 0 amide bonds. The molecule has 5 aliphatic rings. The predicted octanol–water partition coefficient (Wildman–Crippen LogP) is 16.6. The summed E-state index contributed by atoms with van der Waals surface area (Å²) < 4.78 is 0. The van der Waals surface area contributed by atoms with Crippen LogP contribution in [-0.4, -0.2) is 0 Å². The lowest BCUT2D eigenvalue weighted by Gasteiger charge is -2.50. The van der Waals surface area contributed by atoms with Gasteiger partial charge in [-0.3, -0.25) is 0 Å². The number of hydrogen-bond donors (Lipinski definition) is 0. The minimum atomic E-state index is -0.222. The summed E-state index contributed by atoms with van der Waals surface area (Å²) in [6, 6.07) is 20.5. The van der Waals surface area contributed by atoms with Crippen LogP contribution in [-0.2, 0) is 16.2 Å². The van der Waals surface area contributed by atoms with Crippen LogP contribution in [0.25, 0.3) is 33.0 Å². The third-order valence-corrected chi connectivity index (χ3v) is 16.8. The molecule has 58 heavy (non-hydrogen) atoms. The van der Waals surface area contributed by atoms with E-state index in [0.717, 1.165) is 0 Å². The Hall–Kier alpha value is -3.64. The van der Waals surface area contributed by atoms with E-state index in [1.807, 2.05) is 0 Å². The van der Waals surface area contributed by atoms with Gasteiger partial charge in [0.15, 0.2) is 0 Å². The van der Waals surface area contributed by atoms with E-state index in [1.54, 1.807) is 44.5 Å². The zero-order valence-corrected chi connectivity index (χ0v) is 38.5. The lowest BCUT2D eigenvalue weighted by molar-refractivity contribution is 0.210. The molecule has 2 unspecified atom stereocenters. The molecule has 0 nitrogen and oxygen atoms in total. The third-order valence-electron chi connectivity index (χ3n) is 16.8. The summed E-state index contributed by atoms with van der Waals surface area (Å²) in [7, 11) is 0. The maximum atomic E-state index is 2.94. The highest BCUT2D eigenvalue weighted by molar-refractivity contribution is 6.13. The van der Waals surface area contributed by atoms with Crippen LogP contribution in [0.15, 0.2) is 71.8 Å². The van der Waals surface area contributed by atoms with Crippen LogP contribution in [0.5, 0.6) is 0 Å². The molecule has 0 bridgehead atoms. The summed E-state index contributed by atoms with van der Waals surface area (Å²) in [5.41, 5.74) is 24.3. The molecule has 0 N–H and O–H groups in total. The van der Waals surface area contributed by atoms with Crippen molar-refractivity contribution in [2.24, 2.45) is 23.7 Å². The SMILES string of the molecule is CCC(CC)C1=CC2(c3ccc4c(c3-c3cc(C)c5c(C)cc(C)cc5c32)C(C)(C)C2=C4C(C)(C)c3ccc(C(C)C)cc32)C(C2CCCCC2)C(C(CC)CC)=C1. The Morgan fingerprint density at radius 2 is 1.28 bits per heavy atom. The fourth-order valence-electron chi connectivity index (χ4n) is 14.2. The first-order valence-corrected chi connectivity index (χ1v) is 23.7. The number of aryl methyl sites for hydroxylation is 3. The van der Waals surface area contributed by atoms with Crippen molar-refractivity contribution in [2.45, 2.75) is 170 Å². The summed E-state index contributed by atoms with van der Waals surface area (Å²) >= 11 is 0. The van der Waals surface area contributed by atoms with Gasteiger partial charge in [0.1, 0.15) is 0 Å². The van der Waals surface area contributed by atoms with Gasteiger partial charge in [-0.1, -0.05) is 160 Å². The van der Waals surface area contributed by atoms with Crippen LogP contribution in [0.3, 0.4) is 0 Å². The van der Waals surface area contributed by atoms with E-state index in [2.05, 4.69) is 151 Å². The van der Waals surface area contributed by atoms with Gasteiger partial charge in [-0.05, 0) is 172 Å². The molecule has 9 rings (SSSR count). The number of rotatable bonds is 8. The lowest BCUT2D eigenvalue weighted by Crippen LogP contribution is -2.43. The number of benzene rings is 4. The quantitative estimate of drug-likeness (QED) is 0.167. The second-order valence-electron chi connectivity index (χ2n) is 21.1. The Balaban J connectivity index is 1.45. The average molecular weight is 769 g/mol. The molecule has 1 fully saturated rings. The largest absolute Gasteiger partial charge is 0.0654 e. The van der Waals surface area contributed by atoms with E-state index < -0.39 is 0 Å². The molecule has 0 radical (unpaired) electrons. The summed E-state index contributed by atoms with van der Waals surface area (Å²) in [5.74, 6) is 2.78. The standard InChI is InChI=1S/C58H72/c1-14-37(15-2)41-31-43(38(16-3)17-4)51(39-21-19-18-20-22-39)58(32-41)48-26-24-42-53(50(48)46-29-36(9)49-35(8)27-34(7)28-45(49)52(46)58)57(12,13)55-44-30-40(33(5)6)23-25-47(44)56(10,11)54(42)55/h23-33,37-39,51H,14-22H2,1-13H3. The first-order valence-electron chi connectivity index (χ1n) is 23.7. The van der Waals surface area contributed by atoms with E-state index in [9.17, 15) is 0 Å². The Kier molecular flexibility index (Phi) is 9.58. The number of fused-ring (bicyclic) bond motifs is 12. The molecule has 0 aromatic heterocycles. The van der Waals surface area contributed by atoms with E-state index in [-0.39, 0.29) is 16.2 Å². The molecule has 4 aromatic rings. The normalized spacial score (nSPS) is 22.9. The van der Waals surface area contributed by atoms with Gasteiger partial charge < -0.3 is 0 Å². The van der Waals surface area contributed by atoms with E-state index in [0.29, 0.717) is 29.6 Å². The molecule has 4 aromatic carbocycles. The van der Waals surface area contributed by atoms with Gasteiger partial charge in [0, 0.05) is 22.2 Å². The summed E-state index contributed by atoms with van der Waals surface area (Å²) in [5, 5.41) is 3.01. The highest BCUT2D eigenvalue weighted by atomic mass is 14.6. The van der Waals surface area contributed by atoms with Crippen LogP contribution in [0, 0.1) is 44.4 Å². The summed E-state index contributed by atoms with van der Waals surface area (Å²) in [6.45, 7) is 31.9. The maximum Gasteiger partial charge on any atom is 0.0474 e. The monoisotopic (exact) mass is 769 g/mol. The average Bonchev–Trinajstić information content (AvgIpc) is 3.70. The van der Waals surface area contributed by atoms with Crippen molar-refractivity contribution in [1.29, 1.82) is 0 Å². The van der Waals surface area contributed by atoms with Crippen molar-refractivity contribution < 1.29 is 0 Å². The fraction of sp³-hybridized carbons (Fsp3) is 0.517. The van der Waals surface area contributed by atoms with Gasteiger partial charge in [-0.2, -0.15) is 0 Å². The van der Waals surface area contributed by atoms with Gasteiger partial charge >= 0.3 is 0 Å². The van der Waals surface area contributed by atoms with Crippen LogP contribution in [0.4, 0.5) is 0 Å². The van der Waals surface area contributed by atoms with E-state index in [1.165, 1.54) is 113 Å². The molecular formula is C58H72. The zero-order chi connectivity index (χ0) is 41.2. The zero-order valence-electron chi connectivity index (χ0n) is 38.5. The Morgan fingerprint density at radius 3 is 1.93 bits per heavy atom.